The molecule has 0 unspecified atom stereocenters. The summed E-state index contributed by atoms with van der Waals surface area (Å²) in [7, 11) is 0. The molecule has 0 radical (unpaired) electrons. The van der Waals surface area contributed by atoms with Crippen LogP contribution in [-0.4, -0.2) is 5.96 Å². The van der Waals surface area contributed by atoms with Crippen molar-refractivity contribution in [3.63, 3.8) is 0 Å². The third-order valence-corrected chi connectivity index (χ3v) is 2.23. The molecule has 2 rings (SSSR count). The number of hydrogen-bond donors (Lipinski definition) is 3. The van der Waals surface area contributed by atoms with E-state index in [1.165, 1.54) is 48.5 Å². The van der Waals surface area contributed by atoms with E-state index in [-0.39, 0.29) is 17.6 Å². The predicted octanol–water partition coefficient (Wildman–Crippen LogP) is 3.42. The van der Waals surface area contributed by atoms with Crippen LogP contribution >= 0.6 is 0 Å². The first kappa shape index (κ1) is 12.0. The molecular formula is C13H11F2N3. The summed E-state index contributed by atoms with van der Waals surface area (Å²) in [6.45, 7) is 0. The van der Waals surface area contributed by atoms with Crippen LogP contribution in [0.15, 0.2) is 48.5 Å². The lowest BCUT2D eigenvalue weighted by Crippen LogP contribution is -2.20. The van der Waals surface area contributed by atoms with E-state index in [4.69, 9.17) is 5.41 Å². The normalized spacial score (nSPS) is 9.89. The van der Waals surface area contributed by atoms with Crippen molar-refractivity contribution < 1.29 is 8.78 Å². The van der Waals surface area contributed by atoms with Crippen LogP contribution in [0, 0.1) is 17.0 Å². The molecule has 0 heterocycles. The highest BCUT2D eigenvalue weighted by Crippen LogP contribution is 2.10. The van der Waals surface area contributed by atoms with Gasteiger partial charge in [-0.2, -0.15) is 0 Å². The zero-order valence-corrected chi connectivity index (χ0v) is 9.37. The number of anilines is 2. The second kappa shape index (κ2) is 5.27. The second-order valence-corrected chi connectivity index (χ2v) is 3.64. The van der Waals surface area contributed by atoms with Gasteiger partial charge in [-0.3, -0.25) is 5.41 Å². The second-order valence-electron chi connectivity index (χ2n) is 3.64. The Balaban J connectivity index is 1.96. The molecule has 0 saturated heterocycles. The molecule has 0 aliphatic carbocycles. The van der Waals surface area contributed by atoms with Gasteiger partial charge in [0.1, 0.15) is 11.6 Å². The summed E-state index contributed by atoms with van der Waals surface area (Å²) in [6, 6.07) is 11.3. The van der Waals surface area contributed by atoms with E-state index in [0.717, 1.165) is 0 Å². The molecule has 0 spiro atoms. The maximum absolute atomic E-state index is 12.7. The van der Waals surface area contributed by atoms with Gasteiger partial charge < -0.3 is 10.6 Å². The first-order valence-corrected chi connectivity index (χ1v) is 5.27. The molecule has 3 nitrogen and oxygen atoms in total. The van der Waals surface area contributed by atoms with Crippen LogP contribution in [0.5, 0.6) is 0 Å². The van der Waals surface area contributed by atoms with Crippen LogP contribution in [0.25, 0.3) is 0 Å². The van der Waals surface area contributed by atoms with Crippen molar-refractivity contribution in [2.75, 3.05) is 10.6 Å². The molecule has 0 bridgehead atoms. The third-order valence-electron chi connectivity index (χ3n) is 2.23. The number of guanidine groups is 1. The van der Waals surface area contributed by atoms with E-state index in [0.29, 0.717) is 11.4 Å². The fourth-order valence-electron chi connectivity index (χ4n) is 1.39. The molecule has 2 aromatic rings. The number of nitrogens with one attached hydrogen (secondary N) is 3. The maximum atomic E-state index is 12.7. The average molecular weight is 247 g/mol. The molecule has 0 aliphatic rings. The Morgan fingerprint density at radius 1 is 0.722 bits per heavy atom. The van der Waals surface area contributed by atoms with Gasteiger partial charge in [-0.05, 0) is 48.5 Å². The van der Waals surface area contributed by atoms with Crippen LogP contribution in [-0.2, 0) is 0 Å². The summed E-state index contributed by atoms with van der Waals surface area (Å²) >= 11 is 0. The fourth-order valence-corrected chi connectivity index (χ4v) is 1.39. The Bertz CT molecular complexity index is 486. The summed E-state index contributed by atoms with van der Waals surface area (Å²) in [5.74, 6) is -0.648. The van der Waals surface area contributed by atoms with Gasteiger partial charge in [0.25, 0.3) is 0 Å². The van der Waals surface area contributed by atoms with Gasteiger partial charge in [-0.25, -0.2) is 8.78 Å². The molecule has 0 amide bonds. The van der Waals surface area contributed by atoms with E-state index in [9.17, 15) is 8.78 Å². The van der Waals surface area contributed by atoms with Crippen LogP contribution in [0.1, 0.15) is 0 Å². The van der Waals surface area contributed by atoms with Crippen molar-refractivity contribution in [2.24, 2.45) is 0 Å². The quantitative estimate of drug-likeness (QED) is 0.562. The summed E-state index contributed by atoms with van der Waals surface area (Å²) < 4.78 is 25.4. The maximum Gasteiger partial charge on any atom is 0.197 e. The van der Waals surface area contributed by atoms with E-state index in [1.807, 2.05) is 0 Å². The van der Waals surface area contributed by atoms with Crippen molar-refractivity contribution in [2.45, 2.75) is 0 Å². The number of hydrogen-bond acceptors (Lipinski definition) is 1. The molecule has 18 heavy (non-hydrogen) atoms. The summed E-state index contributed by atoms with van der Waals surface area (Å²) in [5, 5.41) is 13.1. The van der Waals surface area contributed by atoms with Gasteiger partial charge >= 0.3 is 0 Å². The molecule has 5 heteroatoms. The van der Waals surface area contributed by atoms with Crippen LogP contribution in [0.2, 0.25) is 0 Å². The Morgan fingerprint density at radius 3 is 1.39 bits per heavy atom. The molecule has 0 aliphatic heterocycles. The largest absolute Gasteiger partial charge is 0.326 e. The summed E-state index contributed by atoms with van der Waals surface area (Å²) in [6.07, 6.45) is 0. The molecule has 3 N–H and O–H groups in total. The van der Waals surface area contributed by atoms with Crippen molar-refractivity contribution >= 4 is 17.3 Å². The zero-order chi connectivity index (χ0) is 13.0. The third kappa shape index (κ3) is 3.28. The lowest BCUT2D eigenvalue weighted by atomic mass is 10.3. The summed E-state index contributed by atoms with van der Waals surface area (Å²) in [5.41, 5.74) is 1.19. The number of rotatable bonds is 2. The van der Waals surface area contributed by atoms with Crippen molar-refractivity contribution in [1.82, 2.24) is 0 Å². The first-order chi connectivity index (χ1) is 8.63. The minimum Gasteiger partial charge on any atom is -0.326 e. The monoisotopic (exact) mass is 247 g/mol. The molecular weight excluding hydrogens is 236 g/mol. The minimum atomic E-state index is -0.335. The SMILES string of the molecule is N=C(Nc1ccc(F)cc1)Nc1ccc(F)cc1. The Hall–Kier alpha value is -2.43. The standard InChI is InChI=1S/C13H11F2N3/c14-9-1-5-11(6-2-9)17-13(16)18-12-7-3-10(15)4-8-12/h1-8H,(H3,16,17,18). The highest BCUT2D eigenvalue weighted by Gasteiger charge is 1.99. The lowest BCUT2D eigenvalue weighted by Gasteiger charge is -2.10. The zero-order valence-electron chi connectivity index (χ0n) is 9.37. The smallest absolute Gasteiger partial charge is 0.197 e. The van der Waals surface area contributed by atoms with Crippen molar-refractivity contribution in [1.29, 1.82) is 5.41 Å². The highest BCUT2D eigenvalue weighted by molar-refractivity contribution is 6.01. The van der Waals surface area contributed by atoms with Crippen molar-refractivity contribution in [3.05, 3.63) is 60.2 Å². The molecule has 0 aromatic heterocycles. The lowest BCUT2D eigenvalue weighted by molar-refractivity contribution is 0.627. The molecule has 0 fully saturated rings. The molecule has 2 aromatic carbocycles. The van der Waals surface area contributed by atoms with Gasteiger partial charge in [0, 0.05) is 11.4 Å². The predicted molar refractivity (Wildman–Crippen MR) is 67.8 cm³/mol. The molecule has 92 valence electrons. The van der Waals surface area contributed by atoms with Crippen molar-refractivity contribution in [3.8, 4) is 0 Å². The van der Waals surface area contributed by atoms with Gasteiger partial charge in [-0.1, -0.05) is 0 Å². The van der Waals surface area contributed by atoms with Crippen LogP contribution in [0.4, 0.5) is 20.2 Å². The molecule has 0 saturated carbocycles. The minimum absolute atomic E-state index is 0.0215. The van der Waals surface area contributed by atoms with Crippen LogP contribution in [0.3, 0.4) is 0 Å². The van der Waals surface area contributed by atoms with E-state index in [1.54, 1.807) is 0 Å². The highest BCUT2D eigenvalue weighted by atomic mass is 19.1. The Kier molecular flexibility index (Phi) is 3.52. The number of halogens is 2. The molecule has 0 atom stereocenters. The van der Waals surface area contributed by atoms with Gasteiger partial charge in [-0.15, -0.1) is 0 Å². The van der Waals surface area contributed by atoms with E-state index >= 15 is 0 Å². The van der Waals surface area contributed by atoms with E-state index in [2.05, 4.69) is 10.6 Å². The summed E-state index contributed by atoms with van der Waals surface area (Å²) in [4.78, 5) is 0. The Morgan fingerprint density at radius 2 is 1.06 bits per heavy atom. The average Bonchev–Trinajstić information content (AvgIpc) is 2.35. The topological polar surface area (TPSA) is 47.9 Å². The van der Waals surface area contributed by atoms with Gasteiger partial charge in [0.05, 0.1) is 0 Å². The Labute approximate surface area is 103 Å². The van der Waals surface area contributed by atoms with Crippen LogP contribution < -0.4 is 10.6 Å². The first-order valence-electron chi connectivity index (χ1n) is 5.27. The van der Waals surface area contributed by atoms with Gasteiger partial charge in [0.15, 0.2) is 5.96 Å². The number of benzene rings is 2. The van der Waals surface area contributed by atoms with Gasteiger partial charge in [0.2, 0.25) is 0 Å². The van der Waals surface area contributed by atoms with E-state index < -0.39 is 0 Å². The fraction of sp³-hybridized carbons (Fsp3) is 0.